The van der Waals surface area contributed by atoms with E-state index in [1.807, 2.05) is 81.0 Å². The first-order valence-electron chi connectivity index (χ1n) is 10.5. The van der Waals surface area contributed by atoms with Crippen LogP contribution in [0.15, 0.2) is 95.5 Å². The van der Waals surface area contributed by atoms with Gasteiger partial charge in [-0.3, -0.25) is 4.98 Å². The van der Waals surface area contributed by atoms with Crippen LogP contribution in [-0.2, 0) is 0 Å². The monoisotopic (exact) mass is 440 g/mol. The quantitative estimate of drug-likeness (QED) is 0.409. The lowest BCUT2D eigenvalue weighted by Crippen LogP contribution is -2.29. The van der Waals surface area contributed by atoms with Gasteiger partial charge in [-0.15, -0.1) is 0 Å². The van der Waals surface area contributed by atoms with E-state index >= 15 is 0 Å². The molecule has 6 heteroatoms. The number of rotatable bonds is 5. The summed E-state index contributed by atoms with van der Waals surface area (Å²) in [4.78, 5) is 8.81. The molecular weight excluding hydrogens is 416 g/mol. The van der Waals surface area contributed by atoms with Crippen LogP contribution in [0.3, 0.4) is 0 Å². The highest BCUT2D eigenvalue weighted by Gasteiger charge is 2.42. The summed E-state index contributed by atoms with van der Waals surface area (Å²) < 4.78 is 6.39. The molecule has 32 heavy (non-hydrogen) atoms. The average molecular weight is 441 g/mol. The van der Waals surface area contributed by atoms with Gasteiger partial charge in [0.2, 0.25) is 0 Å². The third-order valence-electron chi connectivity index (χ3n) is 5.72. The number of aromatic nitrogens is 1. The normalized spacial score (nSPS) is 17.9. The van der Waals surface area contributed by atoms with Crippen molar-refractivity contribution in [1.29, 1.82) is 0 Å². The Balaban J connectivity index is 1.58. The molecule has 0 bridgehead atoms. The van der Waals surface area contributed by atoms with Crippen molar-refractivity contribution in [2.24, 2.45) is 0 Å². The topological polar surface area (TPSA) is 44.5 Å². The summed E-state index contributed by atoms with van der Waals surface area (Å²) in [7, 11) is 4.07. The number of nitrogens with one attached hydrogen (secondary N) is 1. The number of pyridine rings is 1. The lowest BCUT2D eigenvalue weighted by molar-refractivity contribution is 0.439. The van der Waals surface area contributed by atoms with Gasteiger partial charge in [0, 0.05) is 37.2 Å². The summed E-state index contributed by atoms with van der Waals surface area (Å²) in [5.41, 5.74) is 4.11. The number of thiocarbonyl (C=S) groups is 1. The van der Waals surface area contributed by atoms with Gasteiger partial charge >= 0.3 is 0 Å². The number of nitrogens with zero attached hydrogens (tertiary/aromatic N) is 3. The van der Waals surface area contributed by atoms with Crippen molar-refractivity contribution in [3.05, 3.63) is 103 Å². The van der Waals surface area contributed by atoms with Gasteiger partial charge in [0.25, 0.3) is 0 Å². The van der Waals surface area contributed by atoms with Crippen LogP contribution in [0, 0.1) is 0 Å². The zero-order chi connectivity index (χ0) is 22.1. The van der Waals surface area contributed by atoms with E-state index < -0.39 is 0 Å². The Labute approximate surface area is 193 Å². The highest BCUT2D eigenvalue weighted by Crippen LogP contribution is 2.43. The van der Waals surface area contributed by atoms with E-state index in [9.17, 15) is 0 Å². The molecule has 1 aliphatic heterocycles. The van der Waals surface area contributed by atoms with Crippen LogP contribution >= 0.6 is 12.2 Å². The van der Waals surface area contributed by atoms with Crippen LogP contribution in [0.25, 0.3) is 11.3 Å². The zero-order valence-corrected chi connectivity index (χ0v) is 18.8. The molecule has 160 valence electrons. The maximum atomic E-state index is 6.39. The minimum atomic E-state index is -0.167. The second-order valence-electron chi connectivity index (χ2n) is 7.98. The van der Waals surface area contributed by atoms with Crippen LogP contribution in [0.1, 0.15) is 23.5 Å². The summed E-state index contributed by atoms with van der Waals surface area (Å²) in [6.07, 6.45) is 1.81. The maximum Gasteiger partial charge on any atom is 0.174 e. The lowest BCUT2D eigenvalue weighted by Gasteiger charge is -2.26. The molecule has 5 nitrogen and oxygen atoms in total. The smallest absolute Gasteiger partial charge is 0.174 e. The van der Waals surface area contributed by atoms with Gasteiger partial charge in [-0.2, -0.15) is 0 Å². The van der Waals surface area contributed by atoms with Gasteiger partial charge in [0.15, 0.2) is 5.11 Å². The van der Waals surface area contributed by atoms with E-state index in [0.29, 0.717) is 5.11 Å². The fraction of sp³-hybridized carbons (Fsp3) is 0.154. The third kappa shape index (κ3) is 3.74. The molecule has 4 aromatic rings. The van der Waals surface area contributed by atoms with E-state index in [1.165, 1.54) is 0 Å². The Hall–Kier alpha value is -3.64. The predicted molar refractivity (Wildman–Crippen MR) is 133 cm³/mol. The van der Waals surface area contributed by atoms with Gasteiger partial charge in [0.05, 0.1) is 11.7 Å². The number of anilines is 2. The number of benzene rings is 2. The van der Waals surface area contributed by atoms with Crippen LogP contribution in [0.2, 0.25) is 0 Å². The first kappa shape index (κ1) is 20.3. The second kappa shape index (κ2) is 8.48. The van der Waals surface area contributed by atoms with Gasteiger partial charge in [-0.1, -0.05) is 36.4 Å². The molecule has 0 spiro atoms. The molecular formula is C26H24N4OS. The van der Waals surface area contributed by atoms with Gasteiger partial charge in [-0.05, 0) is 60.7 Å². The molecule has 0 saturated carbocycles. The summed E-state index contributed by atoms with van der Waals surface area (Å²) in [6.45, 7) is 0. The largest absolute Gasteiger partial charge is 0.459 e. The van der Waals surface area contributed by atoms with Gasteiger partial charge < -0.3 is 19.5 Å². The molecule has 2 aromatic carbocycles. The molecule has 1 N–H and O–H groups in total. The molecule has 1 fully saturated rings. The number of furan rings is 1. The molecule has 1 aliphatic rings. The number of hydrogen-bond acceptors (Lipinski definition) is 4. The molecule has 2 atom stereocenters. The Morgan fingerprint density at radius 2 is 1.66 bits per heavy atom. The van der Waals surface area contributed by atoms with E-state index in [4.69, 9.17) is 16.6 Å². The molecule has 1 saturated heterocycles. The second-order valence-corrected chi connectivity index (χ2v) is 8.36. The summed E-state index contributed by atoms with van der Waals surface area (Å²) in [5, 5.41) is 4.13. The highest BCUT2D eigenvalue weighted by molar-refractivity contribution is 7.80. The van der Waals surface area contributed by atoms with Crippen LogP contribution in [0.4, 0.5) is 11.4 Å². The molecule has 2 aromatic heterocycles. The zero-order valence-electron chi connectivity index (χ0n) is 18.0. The molecule has 5 rings (SSSR count). The van der Waals surface area contributed by atoms with E-state index in [-0.39, 0.29) is 12.1 Å². The summed E-state index contributed by atoms with van der Waals surface area (Å²) in [6, 6.07) is 28.2. The van der Waals surface area contributed by atoms with Crippen molar-refractivity contribution in [2.75, 3.05) is 23.9 Å². The van der Waals surface area contributed by atoms with Crippen molar-refractivity contribution in [3.63, 3.8) is 0 Å². The Bertz CT molecular complexity index is 1210. The highest BCUT2D eigenvalue weighted by atomic mass is 32.1. The maximum absolute atomic E-state index is 6.39. The first-order chi connectivity index (χ1) is 15.6. The minimum Gasteiger partial charge on any atom is -0.459 e. The van der Waals surface area contributed by atoms with Crippen molar-refractivity contribution < 1.29 is 4.42 Å². The summed E-state index contributed by atoms with van der Waals surface area (Å²) >= 11 is 5.80. The fourth-order valence-corrected chi connectivity index (χ4v) is 4.45. The number of hydrogen-bond donors (Lipinski definition) is 1. The van der Waals surface area contributed by atoms with Crippen molar-refractivity contribution in [2.45, 2.75) is 12.1 Å². The van der Waals surface area contributed by atoms with E-state index in [2.05, 4.69) is 44.4 Å². The Morgan fingerprint density at radius 1 is 0.906 bits per heavy atom. The van der Waals surface area contributed by atoms with Crippen LogP contribution in [-0.4, -0.2) is 24.2 Å². The van der Waals surface area contributed by atoms with E-state index in [0.717, 1.165) is 34.2 Å². The van der Waals surface area contributed by atoms with Crippen molar-refractivity contribution >= 4 is 28.7 Å². The minimum absolute atomic E-state index is 0.132. The molecule has 0 radical (unpaired) electrons. The lowest BCUT2D eigenvalue weighted by atomic mass is 10.0. The predicted octanol–water partition coefficient (Wildman–Crippen LogP) is 5.58. The van der Waals surface area contributed by atoms with Crippen LogP contribution in [0.5, 0.6) is 0 Å². The molecule has 0 aliphatic carbocycles. The molecule has 3 heterocycles. The summed E-state index contributed by atoms with van der Waals surface area (Å²) in [5.74, 6) is 1.67. The molecule has 0 unspecified atom stereocenters. The standard InChI is InChI=1S/C26H24N4OS/c1-29(2)19-11-13-20(14-12-19)30-25(24(28-26(30)32)21-10-6-7-17-27-21)23-16-15-22(31-23)18-8-4-3-5-9-18/h3-17,24-25H,1-2H3,(H,28,32)/t24-,25+/m0/s1. The van der Waals surface area contributed by atoms with Gasteiger partial charge in [-0.25, -0.2) is 0 Å². The van der Waals surface area contributed by atoms with E-state index in [1.54, 1.807) is 0 Å². The van der Waals surface area contributed by atoms with Crippen molar-refractivity contribution in [1.82, 2.24) is 10.3 Å². The Morgan fingerprint density at radius 3 is 2.34 bits per heavy atom. The van der Waals surface area contributed by atoms with Crippen LogP contribution < -0.4 is 15.1 Å². The first-order valence-corrected chi connectivity index (χ1v) is 11.0. The van der Waals surface area contributed by atoms with Crippen molar-refractivity contribution in [3.8, 4) is 11.3 Å². The third-order valence-corrected chi connectivity index (χ3v) is 6.03. The fourth-order valence-electron chi connectivity index (χ4n) is 4.10. The molecule has 0 amide bonds. The average Bonchev–Trinajstić information content (AvgIpc) is 3.45. The SMILES string of the molecule is CN(C)c1ccc(N2C(=S)N[C@@H](c3ccccn3)[C@H]2c2ccc(-c3ccccc3)o2)cc1. The van der Waals surface area contributed by atoms with Gasteiger partial charge in [0.1, 0.15) is 17.6 Å². The Kier molecular flexibility index (Phi) is 5.37.